The third-order valence-electron chi connectivity index (χ3n) is 4.23. The van der Waals surface area contributed by atoms with E-state index in [2.05, 4.69) is 5.32 Å². The van der Waals surface area contributed by atoms with Gasteiger partial charge in [0.2, 0.25) is 0 Å². The number of likely N-dealkylation sites (N-methyl/N-ethyl adjacent to an activating group) is 1. The third kappa shape index (κ3) is 3.90. The topological polar surface area (TPSA) is 52.6 Å². The van der Waals surface area contributed by atoms with Crippen LogP contribution in [0, 0.1) is 5.92 Å². The molecule has 0 aliphatic heterocycles. The van der Waals surface area contributed by atoms with Gasteiger partial charge in [-0.05, 0) is 30.4 Å². The predicted molar refractivity (Wildman–Crippen MR) is 92.3 cm³/mol. The van der Waals surface area contributed by atoms with Crippen LogP contribution in [0.25, 0.3) is 11.1 Å². The molecule has 0 aromatic heterocycles. The van der Waals surface area contributed by atoms with Gasteiger partial charge in [-0.2, -0.15) is 0 Å². The highest BCUT2D eigenvalue weighted by Crippen LogP contribution is 2.33. The average Bonchev–Trinajstić information content (AvgIpc) is 3.41. The number of para-hydroxylation sites is 1. The van der Waals surface area contributed by atoms with E-state index in [-0.39, 0.29) is 6.03 Å². The molecule has 0 spiro atoms. The van der Waals surface area contributed by atoms with Crippen molar-refractivity contribution in [2.24, 2.45) is 5.92 Å². The zero-order chi connectivity index (χ0) is 16.2. The number of rotatable bonds is 5. The lowest BCUT2D eigenvalue weighted by molar-refractivity contribution is 0.117. The summed E-state index contributed by atoms with van der Waals surface area (Å²) in [6, 6.07) is 17.5. The molecule has 1 atom stereocenters. The van der Waals surface area contributed by atoms with E-state index in [1.54, 1.807) is 11.9 Å². The highest BCUT2D eigenvalue weighted by atomic mass is 16.3. The van der Waals surface area contributed by atoms with Crippen LogP contribution >= 0.6 is 0 Å². The summed E-state index contributed by atoms with van der Waals surface area (Å²) in [7, 11) is 1.71. The number of carbonyl (C=O) groups is 1. The molecule has 2 N–H and O–H groups in total. The number of aliphatic hydroxyl groups excluding tert-OH is 1. The molecule has 2 aromatic rings. The zero-order valence-corrected chi connectivity index (χ0v) is 13.3. The minimum Gasteiger partial charge on any atom is -0.391 e. The molecule has 0 saturated heterocycles. The molecule has 1 aliphatic rings. The molecule has 2 amide bonds. The molecular formula is C19H22N2O2. The Kier molecular flexibility index (Phi) is 4.63. The first kappa shape index (κ1) is 15.6. The number of amides is 2. The molecule has 0 heterocycles. The molecule has 23 heavy (non-hydrogen) atoms. The van der Waals surface area contributed by atoms with Gasteiger partial charge in [0.15, 0.2) is 0 Å². The van der Waals surface area contributed by atoms with Gasteiger partial charge < -0.3 is 15.3 Å². The molecule has 0 radical (unpaired) electrons. The fraction of sp³-hybridized carbons (Fsp3) is 0.316. The number of nitrogens with one attached hydrogen (secondary N) is 1. The van der Waals surface area contributed by atoms with E-state index in [1.165, 1.54) is 0 Å². The molecule has 1 aliphatic carbocycles. The van der Waals surface area contributed by atoms with Gasteiger partial charge in [-0.25, -0.2) is 4.79 Å². The Bertz CT molecular complexity index is 668. The number of benzene rings is 2. The maximum absolute atomic E-state index is 12.4. The standard InChI is InChI=1S/C19H22N2O2/c1-21(13-18(22)15-11-12-15)19(23)20-17-10-6-5-9-16(17)14-7-3-2-4-8-14/h2-10,15,18,22H,11-13H2,1H3,(H,20,23). The first-order valence-electron chi connectivity index (χ1n) is 8.00. The van der Waals surface area contributed by atoms with Crippen LogP contribution in [-0.2, 0) is 0 Å². The van der Waals surface area contributed by atoms with E-state index in [9.17, 15) is 9.90 Å². The van der Waals surface area contributed by atoms with Gasteiger partial charge >= 0.3 is 6.03 Å². The maximum atomic E-state index is 12.4. The van der Waals surface area contributed by atoms with Crippen molar-refractivity contribution in [3.8, 4) is 11.1 Å². The van der Waals surface area contributed by atoms with Crippen LogP contribution in [-0.4, -0.2) is 35.7 Å². The molecule has 120 valence electrons. The smallest absolute Gasteiger partial charge is 0.321 e. The first-order chi connectivity index (χ1) is 11.1. The quantitative estimate of drug-likeness (QED) is 0.887. The number of urea groups is 1. The van der Waals surface area contributed by atoms with Crippen molar-refractivity contribution in [1.82, 2.24) is 4.90 Å². The molecule has 0 bridgehead atoms. The Morgan fingerprint density at radius 1 is 1.17 bits per heavy atom. The van der Waals surface area contributed by atoms with Crippen molar-refractivity contribution in [3.05, 3.63) is 54.6 Å². The molecule has 1 fully saturated rings. The van der Waals surface area contributed by atoms with Gasteiger partial charge in [-0.15, -0.1) is 0 Å². The van der Waals surface area contributed by atoms with Crippen molar-refractivity contribution in [2.45, 2.75) is 18.9 Å². The number of hydrogen-bond acceptors (Lipinski definition) is 2. The minimum absolute atomic E-state index is 0.201. The Labute approximate surface area is 136 Å². The predicted octanol–water partition coefficient (Wildman–Crippen LogP) is 3.59. The summed E-state index contributed by atoms with van der Waals surface area (Å²) in [5, 5.41) is 12.9. The maximum Gasteiger partial charge on any atom is 0.321 e. The number of carbonyl (C=O) groups excluding carboxylic acids is 1. The summed E-state index contributed by atoms with van der Waals surface area (Å²) in [6.07, 6.45) is 1.70. The Balaban J connectivity index is 1.71. The van der Waals surface area contributed by atoms with Crippen molar-refractivity contribution < 1.29 is 9.90 Å². The summed E-state index contributed by atoms with van der Waals surface area (Å²) in [5.41, 5.74) is 2.82. The van der Waals surface area contributed by atoms with E-state index in [4.69, 9.17) is 0 Å². The Morgan fingerprint density at radius 3 is 2.52 bits per heavy atom. The van der Waals surface area contributed by atoms with Crippen LogP contribution in [0.4, 0.5) is 10.5 Å². The second-order valence-corrected chi connectivity index (χ2v) is 6.13. The van der Waals surface area contributed by atoms with Crippen LogP contribution in [0.3, 0.4) is 0 Å². The summed E-state index contributed by atoms with van der Waals surface area (Å²) in [5.74, 6) is 0.363. The number of hydrogen-bond donors (Lipinski definition) is 2. The van der Waals surface area contributed by atoms with Gasteiger partial charge in [0, 0.05) is 19.2 Å². The van der Waals surface area contributed by atoms with E-state index >= 15 is 0 Å². The number of anilines is 1. The summed E-state index contributed by atoms with van der Waals surface area (Å²) >= 11 is 0. The summed E-state index contributed by atoms with van der Waals surface area (Å²) in [6.45, 7) is 0.365. The Morgan fingerprint density at radius 2 is 1.83 bits per heavy atom. The second kappa shape index (κ2) is 6.84. The monoisotopic (exact) mass is 310 g/mol. The summed E-state index contributed by atoms with van der Waals surface area (Å²) in [4.78, 5) is 13.9. The number of nitrogens with zero attached hydrogens (tertiary/aromatic N) is 1. The van der Waals surface area contributed by atoms with Crippen LogP contribution in [0.1, 0.15) is 12.8 Å². The average molecular weight is 310 g/mol. The highest BCUT2D eigenvalue weighted by Gasteiger charge is 2.31. The molecule has 3 rings (SSSR count). The van der Waals surface area contributed by atoms with Gasteiger partial charge in [-0.1, -0.05) is 48.5 Å². The van der Waals surface area contributed by atoms with E-state index in [0.29, 0.717) is 12.5 Å². The van der Waals surface area contributed by atoms with Crippen LogP contribution in [0.15, 0.2) is 54.6 Å². The lowest BCUT2D eigenvalue weighted by atomic mass is 10.0. The second-order valence-electron chi connectivity index (χ2n) is 6.13. The molecule has 4 heteroatoms. The molecular weight excluding hydrogens is 288 g/mol. The Hall–Kier alpha value is -2.33. The lowest BCUT2D eigenvalue weighted by Gasteiger charge is -2.22. The molecule has 1 unspecified atom stereocenters. The first-order valence-corrected chi connectivity index (χ1v) is 8.00. The normalized spacial score (nSPS) is 15.0. The zero-order valence-electron chi connectivity index (χ0n) is 13.3. The van der Waals surface area contributed by atoms with Crippen LogP contribution < -0.4 is 5.32 Å². The van der Waals surface area contributed by atoms with Gasteiger partial charge in [0.05, 0.1) is 11.8 Å². The third-order valence-corrected chi connectivity index (χ3v) is 4.23. The van der Waals surface area contributed by atoms with E-state index < -0.39 is 6.10 Å². The highest BCUT2D eigenvalue weighted by molar-refractivity contribution is 5.94. The van der Waals surface area contributed by atoms with Crippen LogP contribution in [0.5, 0.6) is 0 Å². The van der Waals surface area contributed by atoms with Gasteiger partial charge in [0.1, 0.15) is 0 Å². The van der Waals surface area contributed by atoms with Crippen molar-refractivity contribution in [2.75, 3.05) is 18.9 Å². The SMILES string of the molecule is CN(CC(O)C1CC1)C(=O)Nc1ccccc1-c1ccccc1. The van der Waals surface area contributed by atoms with Crippen molar-refractivity contribution >= 4 is 11.7 Å². The molecule has 4 nitrogen and oxygen atoms in total. The van der Waals surface area contributed by atoms with Crippen molar-refractivity contribution in [1.29, 1.82) is 0 Å². The largest absolute Gasteiger partial charge is 0.391 e. The lowest BCUT2D eigenvalue weighted by Crippen LogP contribution is -2.38. The molecule has 2 aromatic carbocycles. The fourth-order valence-corrected chi connectivity index (χ4v) is 2.67. The van der Waals surface area contributed by atoms with Gasteiger partial charge in [-0.3, -0.25) is 0 Å². The molecule has 1 saturated carbocycles. The minimum atomic E-state index is -0.421. The van der Waals surface area contributed by atoms with Crippen LogP contribution in [0.2, 0.25) is 0 Å². The van der Waals surface area contributed by atoms with Crippen molar-refractivity contribution in [3.63, 3.8) is 0 Å². The van der Waals surface area contributed by atoms with E-state index in [1.807, 2.05) is 54.6 Å². The van der Waals surface area contributed by atoms with Gasteiger partial charge in [0.25, 0.3) is 0 Å². The number of aliphatic hydroxyl groups is 1. The summed E-state index contributed by atoms with van der Waals surface area (Å²) < 4.78 is 0. The fourth-order valence-electron chi connectivity index (χ4n) is 2.67. The van der Waals surface area contributed by atoms with E-state index in [0.717, 1.165) is 29.7 Å².